The lowest BCUT2D eigenvalue weighted by Gasteiger charge is -2.11. The molecular formula is C13H14O6. The zero-order valence-electron chi connectivity index (χ0n) is 10.3. The number of carbonyl (C=O) groups is 3. The molecule has 0 saturated carbocycles. The predicted molar refractivity (Wildman–Crippen MR) is 65.9 cm³/mol. The average Bonchev–Trinajstić information content (AvgIpc) is 2.34. The maximum absolute atomic E-state index is 11.1. The van der Waals surface area contributed by atoms with Crippen LogP contribution in [-0.4, -0.2) is 33.2 Å². The quantitative estimate of drug-likeness (QED) is 0.727. The van der Waals surface area contributed by atoms with Gasteiger partial charge in [0.1, 0.15) is 0 Å². The molecule has 0 saturated heterocycles. The topological polar surface area (TPSA) is 112 Å². The highest BCUT2D eigenvalue weighted by Crippen LogP contribution is 2.21. The van der Waals surface area contributed by atoms with Crippen LogP contribution >= 0.6 is 0 Å². The summed E-state index contributed by atoms with van der Waals surface area (Å²) in [6.07, 6.45) is 1.70. The molecule has 0 spiro atoms. The zero-order chi connectivity index (χ0) is 14.6. The van der Waals surface area contributed by atoms with Crippen molar-refractivity contribution in [1.29, 1.82) is 0 Å². The van der Waals surface area contributed by atoms with Crippen molar-refractivity contribution in [3.8, 4) is 0 Å². The Kier molecular flexibility index (Phi) is 4.63. The fraction of sp³-hybridized carbons (Fsp3) is 0.308. The summed E-state index contributed by atoms with van der Waals surface area (Å²) in [6.45, 7) is 1.90. The molecule has 0 fully saturated rings. The highest BCUT2D eigenvalue weighted by atomic mass is 16.4. The summed E-state index contributed by atoms with van der Waals surface area (Å²) >= 11 is 0. The molecule has 0 atom stereocenters. The first-order valence-electron chi connectivity index (χ1n) is 5.75. The third kappa shape index (κ3) is 3.31. The van der Waals surface area contributed by atoms with Gasteiger partial charge in [0.2, 0.25) is 0 Å². The molecule has 0 heterocycles. The van der Waals surface area contributed by atoms with Crippen LogP contribution in [0.25, 0.3) is 0 Å². The van der Waals surface area contributed by atoms with Crippen molar-refractivity contribution in [1.82, 2.24) is 0 Å². The molecule has 0 bridgehead atoms. The summed E-state index contributed by atoms with van der Waals surface area (Å²) in [5.41, 5.74) is -0.682. The third-order valence-electron chi connectivity index (χ3n) is 2.74. The minimum absolute atomic E-state index is 0.173. The lowest BCUT2D eigenvalue weighted by Crippen LogP contribution is -2.13. The van der Waals surface area contributed by atoms with E-state index in [9.17, 15) is 14.4 Å². The van der Waals surface area contributed by atoms with E-state index in [4.69, 9.17) is 15.3 Å². The number of hydrogen-bond acceptors (Lipinski definition) is 3. The maximum Gasteiger partial charge on any atom is 0.336 e. The highest BCUT2D eigenvalue weighted by Gasteiger charge is 2.21. The summed E-state index contributed by atoms with van der Waals surface area (Å²) < 4.78 is 0. The van der Waals surface area contributed by atoms with E-state index in [-0.39, 0.29) is 22.3 Å². The van der Waals surface area contributed by atoms with Crippen LogP contribution in [0.3, 0.4) is 0 Å². The second-order valence-electron chi connectivity index (χ2n) is 4.07. The van der Waals surface area contributed by atoms with Gasteiger partial charge in [0.15, 0.2) is 0 Å². The number of carboxylic acid groups (broad SMARTS) is 3. The standard InChI is InChI=1S/C13H14O6/c1-2-3-4-8-9(12(16)17)5-7(11(14)15)6-10(8)13(18)19/h5-6H,2-4H2,1H3,(H,14,15)(H,16,17)(H,18,19). The molecule has 0 radical (unpaired) electrons. The molecule has 1 aromatic carbocycles. The van der Waals surface area contributed by atoms with Gasteiger partial charge in [-0.2, -0.15) is 0 Å². The highest BCUT2D eigenvalue weighted by molar-refractivity contribution is 6.01. The van der Waals surface area contributed by atoms with Gasteiger partial charge in [0.25, 0.3) is 0 Å². The van der Waals surface area contributed by atoms with Crippen LogP contribution in [0, 0.1) is 0 Å². The molecule has 6 heteroatoms. The number of rotatable bonds is 6. The second kappa shape index (κ2) is 5.99. The summed E-state index contributed by atoms with van der Waals surface area (Å²) in [7, 11) is 0. The fourth-order valence-corrected chi connectivity index (χ4v) is 1.80. The summed E-state index contributed by atoms with van der Waals surface area (Å²) in [5.74, 6) is -4.00. The van der Waals surface area contributed by atoms with Gasteiger partial charge in [-0.3, -0.25) is 0 Å². The minimum Gasteiger partial charge on any atom is -0.478 e. The number of carboxylic acids is 3. The lowest BCUT2D eigenvalue weighted by molar-refractivity contribution is 0.0694. The van der Waals surface area contributed by atoms with Crippen LogP contribution in [-0.2, 0) is 6.42 Å². The Bertz CT molecular complexity index is 497. The predicted octanol–water partition coefficient (Wildman–Crippen LogP) is 2.12. The number of hydrogen-bond donors (Lipinski definition) is 3. The number of unbranched alkanes of at least 4 members (excludes halogenated alkanes) is 1. The Morgan fingerprint density at radius 1 is 0.947 bits per heavy atom. The van der Waals surface area contributed by atoms with Crippen molar-refractivity contribution in [2.75, 3.05) is 0 Å². The Labute approximate surface area is 109 Å². The van der Waals surface area contributed by atoms with Crippen molar-refractivity contribution in [2.45, 2.75) is 26.2 Å². The molecule has 0 aliphatic carbocycles. The molecule has 0 aliphatic heterocycles. The van der Waals surface area contributed by atoms with Gasteiger partial charge in [-0.25, -0.2) is 14.4 Å². The third-order valence-corrected chi connectivity index (χ3v) is 2.74. The molecule has 1 rings (SSSR count). The smallest absolute Gasteiger partial charge is 0.336 e. The van der Waals surface area contributed by atoms with E-state index in [1.165, 1.54) is 0 Å². The molecule has 0 aromatic heterocycles. The Balaban J connectivity index is 3.50. The molecule has 1 aromatic rings. The first kappa shape index (κ1) is 14.7. The van der Waals surface area contributed by atoms with Crippen LogP contribution in [0.1, 0.15) is 56.4 Å². The molecular weight excluding hydrogens is 252 g/mol. The van der Waals surface area contributed by atoms with E-state index < -0.39 is 17.9 Å². The molecule has 0 unspecified atom stereocenters. The monoisotopic (exact) mass is 266 g/mol. The van der Waals surface area contributed by atoms with E-state index in [0.717, 1.165) is 18.6 Å². The molecule has 19 heavy (non-hydrogen) atoms. The molecule has 0 amide bonds. The van der Waals surface area contributed by atoms with Crippen LogP contribution in [0.2, 0.25) is 0 Å². The fourth-order valence-electron chi connectivity index (χ4n) is 1.80. The van der Waals surface area contributed by atoms with Gasteiger partial charge < -0.3 is 15.3 Å². The molecule has 6 nitrogen and oxygen atoms in total. The largest absolute Gasteiger partial charge is 0.478 e. The number of benzene rings is 1. The van der Waals surface area contributed by atoms with Gasteiger partial charge in [0.05, 0.1) is 16.7 Å². The van der Waals surface area contributed by atoms with E-state index in [1.807, 2.05) is 6.92 Å². The van der Waals surface area contributed by atoms with Gasteiger partial charge in [-0.05, 0) is 30.5 Å². The van der Waals surface area contributed by atoms with Crippen molar-refractivity contribution >= 4 is 17.9 Å². The van der Waals surface area contributed by atoms with E-state index in [0.29, 0.717) is 12.8 Å². The molecule has 3 N–H and O–H groups in total. The summed E-state index contributed by atoms with van der Waals surface area (Å²) in [4.78, 5) is 33.2. The van der Waals surface area contributed by atoms with Crippen molar-refractivity contribution in [3.63, 3.8) is 0 Å². The maximum atomic E-state index is 11.1. The Morgan fingerprint density at radius 2 is 1.42 bits per heavy atom. The molecule has 0 aliphatic rings. The van der Waals surface area contributed by atoms with Crippen LogP contribution in [0.15, 0.2) is 12.1 Å². The van der Waals surface area contributed by atoms with Crippen LogP contribution in [0.4, 0.5) is 0 Å². The van der Waals surface area contributed by atoms with Crippen LogP contribution in [0.5, 0.6) is 0 Å². The van der Waals surface area contributed by atoms with Crippen molar-refractivity contribution < 1.29 is 29.7 Å². The normalized spacial score (nSPS) is 10.2. The van der Waals surface area contributed by atoms with Gasteiger partial charge in [0, 0.05) is 0 Å². The molecule has 102 valence electrons. The van der Waals surface area contributed by atoms with Crippen molar-refractivity contribution in [3.05, 3.63) is 34.4 Å². The first-order chi connectivity index (χ1) is 8.88. The van der Waals surface area contributed by atoms with E-state index in [1.54, 1.807) is 0 Å². The second-order valence-corrected chi connectivity index (χ2v) is 4.07. The SMILES string of the molecule is CCCCc1c(C(=O)O)cc(C(=O)O)cc1C(=O)O. The first-order valence-corrected chi connectivity index (χ1v) is 5.75. The summed E-state index contributed by atoms with van der Waals surface area (Å²) in [6, 6.07) is 2.00. The lowest BCUT2D eigenvalue weighted by atomic mass is 9.93. The zero-order valence-corrected chi connectivity index (χ0v) is 10.3. The van der Waals surface area contributed by atoms with E-state index in [2.05, 4.69) is 0 Å². The van der Waals surface area contributed by atoms with Gasteiger partial charge >= 0.3 is 17.9 Å². The van der Waals surface area contributed by atoms with E-state index >= 15 is 0 Å². The Hall–Kier alpha value is -2.37. The van der Waals surface area contributed by atoms with Gasteiger partial charge in [-0.1, -0.05) is 13.3 Å². The van der Waals surface area contributed by atoms with Gasteiger partial charge in [-0.15, -0.1) is 0 Å². The van der Waals surface area contributed by atoms with Crippen molar-refractivity contribution in [2.24, 2.45) is 0 Å². The average molecular weight is 266 g/mol. The van der Waals surface area contributed by atoms with Crippen LogP contribution < -0.4 is 0 Å². The Morgan fingerprint density at radius 3 is 1.74 bits per heavy atom. The summed E-state index contributed by atoms with van der Waals surface area (Å²) in [5, 5.41) is 27.1. The minimum atomic E-state index is -1.35. The number of aromatic carboxylic acids is 3.